The van der Waals surface area contributed by atoms with Crippen LogP contribution in [0.1, 0.15) is 31.4 Å². The number of ether oxygens (including phenoxy) is 1. The molecule has 0 bridgehead atoms. The highest BCUT2D eigenvalue weighted by molar-refractivity contribution is 5.20. The van der Waals surface area contributed by atoms with Crippen LogP contribution in [0, 0.1) is 5.82 Å². The van der Waals surface area contributed by atoms with Crippen molar-refractivity contribution in [3.63, 3.8) is 0 Å². The molecular formula is C16H25FN2O. The zero-order valence-electron chi connectivity index (χ0n) is 12.4. The molecule has 1 aliphatic rings. The molecule has 1 aromatic rings. The molecule has 0 saturated carbocycles. The predicted molar refractivity (Wildman–Crippen MR) is 79.3 cm³/mol. The van der Waals surface area contributed by atoms with E-state index in [2.05, 4.69) is 10.2 Å². The quantitative estimate of drug-likeness (QED) is 0.777. The number of nitrogens with zero attached hydrogens (tertiary/aromatic N) is 1. The largest absolute Gasteiger partial charge is 0.377 e. The third kappa shape index (κ3) is 4.27. The number of likely N-dealkylation sites (N-methyl/N-ethyl adjacent to an activating group) is 1. The lowest BCUT2D eigenvalue weighted by atomic mass is 10.1. The monoisotopic (exact) mass is 280 g/mol. The molecule has 1 heterocycles. The molecule has 1 aliphatic heterocycles. The minimum atomic E-state index is -0.126. The molecule has 1 aromatic carbocycles. The van der Waals surface area contributed by atoms with Crippen LogP contribution in [0.2, 0.25) is 0 Å². The van der Waals surface area contributed by atoms with Crippen molar-refractivity contribution in [2.24, 2.45) is 0 Å². The highest BCUT2D eigenvalue weighted by Gasteiger charge is 2.16. The van der Waals surface area contributed by atoms with Crippen molar-refractivity contribution in [2.75, 3.05) is 33.3 Å². The molecule has 2 atom stereocenters. The molecule has 1 fully saturated rings. The van der Waals surface area contributed by atoms with Crippen molar-refractivity contribution in [3.8, 4) is 0 Å². The Balaban J connectivity index is 1.71. The van der Waals surface area contributed by atoms with Gasteiger partial charge >= 0.3 is 0 Å². The second-order valence-corrected chi connectivity index (χ2v) is 5.52. The van der Waals surface area contributed by atoms with Gasteiger partial charge in [0.1, 0.15) is 5.82 Å². The first kappa shape index (κ1) is 15.4. The van der Waals surface area contributed by atoms with Crippen LogP contribution < -0.4 is 5.32 Å². The van der Waals surface area contributed by atoms with E-state index in [0.29, 0.717) is 6.10 Å². The molecule has 0 aliphatic carbocycles. The van der Waals surface area contributed by atoms with E-state index in [0.717, 1.165) is 38.2 Å². The fraction of sp³-hybridized carbons (Fsp3) is 0.625. The lowest BCUT2D eigenvalue weighted by Gasteiger charge is -2.25. The summed E-state index contributed by atoms with van der Waals surface area (Å²) < 4.78 is 19.3. The first-order valence-corrected chi connectivity index (χ1v) is 7.45. The van der Waals surface area contributed by atoms with E-state index in [4.69, 9.17) is 4.74 Å². The number of hydrogen-bond donors (Lipinski definition) is 1. The van der Waals surface area contributed by atoms with Gasteiger partial charge in [0.2, 0.25) is 0 Å². The van der Waals surface area contributed by atoms with Crippen LogP contribution >= 0.6 is 0 Å². The Morgan fingerprint density at radius 3 is 2.95 bits per heavy atom. The number of rotatable bonds is 7. The van der Waals surface area contributed by atoms with Crippen LogP contribution in [0.15, 0.2) is 24.3 Å². The average Bonchev–Trinajstić information content (AvgIpc) is 2.96. The molecular weight excluding hydrogens is 255 g/mol. The standard InChI is InChI=1S/C16H25FN2O/c1-13(15-7-3-4-8-16(15)17)19(2)10-9-18-12-14-6-5-11-20-14/h3-4,7-8,13-14,18H,5-6,9-12H2,1-2H3. The predicted octanol–water partition coefficient (Wildman–Crippen LogP) is 2.59. The zero-order chi connectivity index (χ0) is 14.4. The summed E-state index contributed by atoms with van der Waals surface area (Å²) in [6.07, 6.45) is 2.72. The minimum absolute atomic E-state index is 0.0840. The number of benzene rings is 1. The normalized spacial score (nSPS) is 20.5. The molecule has 0 radical (unpaired) electrons. The summed E-state index contributed by atoms with van der Waals surface area (Å²) in [5.74, 6) is -0.126. The van der Waals surface area contributed by atoms with Gasteiger partial charge in [-0.1, -0.05) is 18.2 Å². The van der Waals surface area contributed by atoms with E-state index in [-0.39, 0.29) is 11.9 Å². The summed E-state index contributed by atoms with van der Waals surface area (Å²) >= 11 is 0. The van der Waals surface area contributed by atoms with Crippen LogP contribution in [-0.4, -0.2) is 44.3 Å². The topological polar surface area (TPSA) is 24.5 Å². The molecule has 2 rings (SSSR count). The lowest BCUT2D eigenvalue weighted by molar-refractivity contribution is 0.109. The molecule has 1 saturated heterocycles. The van der Waals surface area contributed by atoms with E-state index in [9.17, 15) is 4.39 Å². The summed E-state index contributed by atoms with van der Waals surface area (Å²) in [5, 5.41) is 3.42. The number of nitrogens with one attached hydrogen (secondary N) is 1. The second-order valence-electron chi connectivity index (χ2n) is 5.52. The van der Waals surface area contributed by atoms with Crippen molar-refractivity contribution in [2.45, 2.75) is 31.9 Å². The maximum Gasteiger partial charge on any atom is 0.127 e. The van der Waals surface area contributed by atoms with Crippen LogP contribution in [0.5, 0.6) is 0 Å². The average molecular weight is 280 g/mol. The molecule has 2 unspecified atom stereocenters. The van der Waals surface area contributed by atoms with Gasteiger partial charge in [-0.25, -0.2) is 4.39 Å². The molecule has 20 heavy (non-hydrogen) atoms. The van der Waals surface area contributed by atoms with Crippen molar-refractivity contribution < 1.29 is 9.13 Å². The van der Waals surface area contributed by atoms with Crippen LogP contribution in [0.4, 0.5) is 4.39 Å². The third-order valence-corrected chi connectivity index (χ3v) is 4.05. The van der Waals surface area contributed by atoms with Crippen LogP contribution in [-0.2, 0) is 4.74 Å². The van der Waals surface area contributed by atoms with Crippen molar-refractivity contribution in [1.29, 1.82) is 0 Å². The lowest BCUT2D eigenvalue weighted by Crippen LogP contribution is -2.34. The highest BCUT2D eigenvalue weighted by atomic mass is 19.1. The molecule has 112 valence electrons. The third-order valence-electron chi connectivity index (χ3n) is 4.05. The van der Waals surface area contributed by atoms with Gasteiger partial charge < -0.3 is 10.1 Å². The van der Waals surface area contributed by atoms with E-state index in [1.807, 2.05) is 26.1 Å². The van der Waals surface area contributed by atoms with Gasteiger partial charge in [-0.05, 0) is 32.9 Å². The summed E-state index contributed by atoms with van der Waals surface area (Å²) in [7, 11) is 2.03. The van der Waals surface area contributed by atoms with Crippen molar-refractivity contribution >= 4 is 0 Å². The molecule has 3 nitrogen and oxygen atoms in total. The maximum atomic E-state index is 13.7. The Labute approximate surface area is 121 Å². The summed E-state index contributed by atoms with van der Waals surface area (Å²) in [4.78, 5) is 2.17. The maximum absolute atomic E-state index is 13.7. The van der Waals surface area contributed by atoms with E-state index in [1.165, 1.54) is 12.5 Å². The van der Waals surface area contributed by atoms with Gasteiger partial charge in [-0.3, -0.25) is 4.90 Å². The Morgan fingerprint density at radius 2 is 2.25 bits per heavy atom. The summed E-state index contributed by atoms with van der Waals surface area (Å²) in [5.41, 5.74) is 0.758. The number of halogens is 1. The Hall–Kier alpha value is -0.970. The first-order chi connectivity index (χ1) is 9.68. The molecule has 0 aromatic heterocycles. The Kier molecular flexibility index (Phi) is 5.95. The highest BCUT2D eigenvalue weighted by Crippen LogP contribution is 2.20. The van der Waals surface area contributed by atoms with Gasteiger partial charge in [0.25, 0.3) is 0 Å². The Morgan fingerprint density at radius 1 is 1.45 bits per heavy atom. The number of hydrogen-bond acceptors (Lipinski definition) is 3. The van der Waals surface area contributed by atoms with E-state index >= 15 is 0 Å². The fourth-order valence-corrected chi connectivity index (χ4v) is 2.57. The van der Waals surface area contributed by atoms with Crippen LogP contribution in [0.25, 0.3) is 0 Å². The fourth-order valence-electron chi connectivity index (χ4n) is 2.57. The van der Waals surface area contributed by atoms with Gasteiger partial charge in [0.15, 0.2) is 0 Å². The molecule has 4 heteroatoms. The SMILES string of the molecule is CC(c1ccccc1F)N(C)CCNCC1CCCO1. The summed E-state index contributed by atoms with van der Waals surface area (Å²) in [6, 6.07) is 7.08. The van der Waals surface area contributed by atoms with Gasteiger partial charge in [-0.2, -0.15) is 0 Å². The van der Waals surface area contributed by atoms with Crippen molar-refractivity contribution in [1.82, 2.24) is 10.2 Å². The van der Waals surface area contributed by atoms with E-state index in [1.54, 1.807) is 6.07 Å². The van der Waals surface area contributed by atoms with Gasteiger partial charge in [0, 0.05) is 37.8 Å². The van der Waals surface area contributed by atoms with Gasteiger partial charge in [0.05, 0.1) is 6.10 Å². The zero-order valence-corrected chi connectivity index (χ0v) is 12.4. The van der Waals surface area contributed by atoms with Crippen LogP contribution in [0.3, 0.4) is 0 Å². The molecule has 0 spiro atoms. The van der Waals surface area contributed by atoms with Gasteiger partial charge in [-0.15, -0.1) is 0 Å². The van der Waals surface area contributed by atoms with Crippen molar-refractivity contribution in [3.05, 3.63) is 35.6 Å². The smallest absolute Gasteiger partial charge is 0.127 e. The second kappa shape index (κ2) is 7.72. The first-order valence-electron chi connectivity index (χ1n) is 7.45. The van der Waals surface area contributed by atoms with E-state index < -0.39 is 0 Å². The summed E-state index contributed by atoms with van der Waals surface area (Å²) in [6.45, 7) is 5.65. The molecule has 1 N–H and O–H groups in total. The molecule has 0 amide bonds. The Bertz CT molecular complexity index is 407. The minimum Gasteiger partial charge on any atom is -0.377 e.